The second kappa shape index (κ2) is 6.37. The molecule has 0 atom stereocenters. The smallest absolute Gasteiger partial charge is 0.189 e. The van der Waals surface area contributed by atoms with Crippen molar-refractivity contribution in [1.29, 1.82) is 0 Å². The summed E-state index contributed by atoms with van der Waals surface area (Å²) in [6.07, 6.45) is 3.63. The van der Waals surface area contributed by atoms with Crippen LogP contribution >= 0.6 is 0 Å². The van der Waals surface area contributed by atoms with Crippen LogP contribution < -0.4 is 0 Å². The van der Waals surface area contributed by atoms with Gasteiger partial charge in [0.25, 0.3) is 0 Å². The molecule has 0 spiro atoms. The van der Waals surface area contributed by atoms with E-state index in [9.17, 15) is 4.79 Å². The van der Waals surface area contributed by atoms with Gasteiger partial charge < -0.3 is 14.0 Å². The molecular formula is C11H17NO3. The second-order valence-corrected chi connectivity index (χ2v) is 3.24. The van der Waals surface area contributed by atoms with E-state index < -0.39 is 0 Å². The van der Waals surface area contributed by atoms with Crippen molar-refractivity contribution in [2.75, 3.05) is 26.4 Å². The van der Waals surface area contributed by atoms with Crippen molar-refractivity contribution in [3.8, 4) is 0 Å². The standard InChI is InChI=1S/C11H17NO3/c1-3-14-6-7-15-9-11(13)10-4-5-12(2)8-10/h4-5,8H,3,6-7,9H2,1-2H3. The highest BCUT2D eigenvalue weighted by Crippen LogP contribution is 2.01. The molecule has 0 aromatic carbocycles. The number of aryl methyl sites for hydroxylation is 1. The molecule has 1 aromatic rings. The first-order valence-corrected chi connectivity index (χ1v) is 5.04. The number of nitrogens with zero attached hydrogens (tertiary/aromatic N) is 1. The lowest BCUT2D eigenvalue weighted by Gasteiger charge is -2.02. The number of rotatable bonds is 7. The minimum Gasteiger partial charge on any atom is -0.379 e. The van der Waals surface area contributed by atoms with Gasteiger partial charge in [0.05, 0.1) is 13.2 Å². The van der Waals surface area contributed by atoms with Gasteiger partial charge in [-0.3, -0.25) is 4.79 Å². The fraction of sp³-hybridized carbons (Fsp3) is 0.545. The summed E-state index contributed by atoms with van der Waals surface area (Å²) in [6.45, 7) is 3.73. The quantitative estimate of drug-likeness (QED) is 0.503. The largest absolute Gasteiger partial charge is 0.379 e. The highest BCUT2D eigenvalue weighted by Gasteiger charge is 2.06. The molecule has 0 N–H and O–H groups in total. The summed E-state index contributed by atoms with van der Waals surface area (Å²) in [4.78, 5) is 11.5. The first-order chi connectivity index (χ1) is 7.24. The Hall–Kier alpha value is -1.13. The third-order valence-electron chi connectivity index (χ3n) is 1.96. The van der Waals surface area contributed by atoms with E-state index in [0.29, 0.717) is 25.4 Å². The van der Waals surface area contributed by atoms with Crippen LogP contribution in [0.15, 0.2) is 18.5 Å². The molecule has 1 rings (SSSR count). The van der Waals surface area contributed by atoms with Crippen LogP contribution in [0.4, 0.5) is 0 Å². The molecule has 4 heteroatoms. The Balaban J connectivity index is 2.19. The van der Waals surface area contributed by atoms with Gasteiger partial charge in [-0.2, -0.15) is 0 Å². The molecule has 0 aliphatic rings. The van der Waals surface area contributed by atoms with Crippen LogP contribution in [-0.4, -0.2) is 36.8 Å². The predicted molar refractivity (Wildman–Crippen MR) is 57.1 cm³/mol. The normalized spacial score (nSPS) is 10.5. The Labute approximate surface area is 89.8 Å². The van der Waals surface area contributed by atoms with Gasteiger partial charge >= 0.3 is 0 Å². The molecule has 0 amide bonds. The predicted octanol–water partition coefficient (Wildman–Crippen LogP) is 1.26. The van der Waals surface area contributed by atoms with Crippen LogP contribution in [0.2, 0.25) is 0 Å². The monoisotopic (exact) mass is 211 g/mol. The number of ketones is 1. The van der Waals surface area contributed by atoms with E-state index in [0.717, 1.165) is 0 Å². The maximum Gasteiger partial charge on any atom is 0.189 e. The molecule has 0 bridgehead atoms. The molecule has 1 heterocycles. The molecule has 0 fully saturated rings. The van der Waals surface area contributed by atoms with Crippen molar-refractivity contribution < 1.29 is 14.3 Å². The number of Topliss-reactive ketones (excluding diaryl/α,β-unsaturated/α-hetero) is 1. The van der Waals surface area contributed by atoms with E-state index in [2.05, 4.69) is 0 Å². The summed E-state index contributed by atoms with van der Waals surface area (Å²) in [5.74, 6) is 0.00657. The van der Waals surface area contributed by atoms with Gasteiger partial charge in [0.15, 0.2) is 5.78 Å². The van der Waals surface area contributed by atoms with E-state index in [1.165, 1.54) is 0 Å². The van der Waals surface area contributed by atoms with Crippen LogP contribution in [0.5, 0.6) is 0 Å². The summed E-state index contributed by atoms with van der Waals surface area (Å²) in [7, 11) is 1.88. The third-order valence-corrected chi connectivity index (χ3v) is 1.96. The summed E-state index contributed by atoms with van der Waals surface area (Å²) >= 11 is 0. The van der Waals surface area contributed by atoms with Gasteiger partial charge in [-0.05, 0) is 13.0 Å². The van der Waals surface area contributed by atoms with Crippen molar-refractivity contribution in [3.63, 3.8) is 0 Å². The number of ether oxygens (including phenoxy) is 2. The lowest BCUT2D eigenvalue weighted by Crippen LogP contribution is -2.12. The van der Waals surface area contributed by atoms with Gasteiger partial charge in [-0.25, -0.2) is 0 Å². The topological polar surface area (TPSA) is 40.5 Å². The van der Waals surface area contributed by atoms with Crippen LogP contribution in [0.3, 0.4) is 0 Å². The molecule has 0 unspecified atom stereocenters. The van der Waals surface area contributed by atoms with Gasteiger partial charge in [0.1, 0.15) is 6.61 Å². The Morgan fingerprint density at radius 1 is 1.40 bits per heavy atom. The van der Waals surface area contributed by atoms with Crippen LogP contribution in [0.25, 0.3) is 0 Å². The zero-order valence-electron chi connectivity index (χ0n) is 9.23. The van der Waals surface area contributed by atoms with Crippen molar-refractivity contribution in [2.24, 2.45) is 7.05 Å². The highest BCUT2D eigenvalue weighted by molar-refractivity contribution is 5.96. The first-order valence-electron chi connectivity index (χ1n) is 5.04. The maximum atomic E-state index is 11.5. The Bertz CT molecular complexity index is 307. The fourth-order valence-corrected chi connectivity index (χ4v) is 1.18. The molecule has 0 aliphatic carbocycles. The SMILES string of the molecule is CCOCCOCC(=O)c1ccn(C)c1. The lowest BCUT2D eigenvalue weighted by molar-refractivity contribution is 0.0475. The summed E-state index contributed by atoms with van der Waals surface area (Å²) < 4.78 is 12.1. The minimum atomic E-state index is 0.00657. The summed E-state index contributed by atoms with van der Waals surface area (Å²) in [5.41, 5.74) is 0.689. The van der Waals surface area contributed by atoms with Gasteiger partial charge in [0, 0.05) is 31.6 Å². The second-order valence-electron chi connectivity index (χ2n) is 3.24. The van der Waals surface area contributed by atoms with Crippen molar-refractivity contribution in [3.05, 3.63) is 24.0 Å². The van der Waals surface area contributed by atoms with E-state index in [1.807, 2.05) is 24.7 Å². The number of hydrogen-bond donors (Lipinski definition) is 0. The number of hydrogen-bond acceptors (Lipinski definition) is 3. The summed E-state index contributed by atoms with van der Waals surface area (Å²) in [6, 6.07) is 1.79. The average Bonchev–Trinajstić information content (AvgIpc) is 2.64. The van der Waals surface area contributed by atoms with Crippen molar-refractivity contribution >= 4 is 5.78 Å². The highest BCUT2D eigenvalue weighted by atomic mass is 16.5. The zero-order valence-corrected chi connectivity index (χ0v) is 9.23. The van der Waals surface area contributed by atoms with Crippen LogP contribution in [-0.2, 0) is 16.5 Å². The molecule has 0 saturated carbocycles. The van der Waals surface area contributed by atoms with E-state index in [4.69, 9.17) is 9.47 Å². The molecule has 84 valence electrons. The van der Waals surface area contributed by atoms with E-state index in [-0.39, 0.29) is 12.4 Å². The fourth-order valence-electron chi connectivity index (χ4n) is 1.18. The first kappa shape index (κ1) is 11.9. The Morgan fingerprint density at radius 3 is 2.73 bits per heavy atom. The van der Waals surface area contributed by atoms with Gasteiger partial charge in [-0.1, -0.05) is 0 Å². The van der Waals surface area contributed by atoms with E-state index >= 15 is 0 Å². The molecule has 0 radical (unpaired) electrons. The van der Waals surface area contributed by atoms with Gasteiger partial charge in [0.2, 0.25) is 0 Å². The van der Waals surface area contributed by atoms with Crippen LogP contribution in [0.1, 0.15) is 17.3 Å². The molecular weight excluding hydrogens is 194 g/mol. The molecule has 1 aromatic heterocycles. The van der Waals surface area contributed by atoms with Crippen LogP contribution in [0, 0.1) is 0 Å². The van der Waals surface area contributed by atoms with E-state index in [1.54, 1.807) is 12.3 Å². The molecule has 15 heavy (non-hydrogen) atoms. The zero-order chi connectivity index (χ0) is 11.1. The summed E-state index contributed by atoms with van der Waals surface area (Å²) in [5, 5.41) is 0. The van der Waals surface area contributed by atoms with Crippen molar-refractivity contribution in [2.45, 2.75) is 6.92 Å². The average molecular weight is 211 g/mol. The number of carbonyl (C=O) groups is 1. The molecule has 0 saturated heterocycles. The van der Waals surface area contributed by atoms with Gasteiger partial charge in [-0.15, -0.1) is 0 Å². The number of aromatic nitrogens is 1. The third kappa shape index (κ3) is 4.27. The Morgan fingerprint density at radius 2 is 2.13 bits per heavy atom. The maximum absolute atomic E-state index is 11.5. The van der Waals surface area contributed by atoms with Crippen molar-refractivity contribution in [1.82, 2.24) is 4.57 Å². The lowest BCUT2D eigenvalue weighted by atomic mass is 10.2. The molecule has 4 nitrogen and oxygen atoms in total. The Kier molecular flexibility index (Phi) is 5.07. The molecule has 0 aliphatic heterocycles. The number of carbonyl (C=O) groups excluding carboxylic acids is 1. The minimum absolute atomic E-state index is 0.00657.